The third-order valence-electron chi connectivity index (χ3n) is 3.89. The van der Waals surface area contributed by atoms with Crippen LogP contribution in [-0.4, -0.2) is 30.6 Å². The van der Waals surface area contributed by atoms with Crippen molar-refractivity contribution in [2.45, 2.75) is 40.2 Å². The topological polar surface area (TPSA) is 50.8 Å². The molecule has 2 rings (SSSR count). The van der Waals surface area contributed by atoms with E-state index < -0.39 is 0 Å². The number of hydrogen-bond acceptors (Lipinski definition) is 2. The molecular weight excluding hydrogens is 262 g/mol. The van der Waals surface area contributed by atoms with Crippen LogP contribution in [0.4, 0.5) is 0 Å². The molecule has 0 saturated heterocycles. The third kappa shape index (κ3) is 4.66. The average molecular weight is 289 g/mol. The van der Waals surface area contributed by atoms with E-state index in [1.165, 1.54) is 18.4 Å². The van der Waals surface area contributed by atoms with Gasteiger partial charge < -0.3 is 15.4 Å². The van der Waals surface area contributed by atoms with Crippen molar-refractivity contribution in [3.8, 4) is 5.75 Å². The van der Waals surface area contributed by atoms with Gasteiger partial charge in [-0.05, 0) is 51.2 Å². The molecule has 0 unspecified atom stereocenters. The number of aryl methyl sites for hydroxylation is 1. The molecule has 2 N–H and O–H groups in total. The fourth-order valence-corrected chi connectivity index (χ4v) is 2.23. The van der Waals surface area contributed by atoms with Crippen molar-refractivity contribution in [2.24, 2.45) is 16.6 Å². The molecule has 0 amide bonds. The molecule has 1 aliphatic rings. The lowest BCUT2D eigenvalue weighted by Crippen LogP contribution is -2.37. The van der Waals surface area contributed by atoms with Gasteiger partial charge in [-0.1, -0.05) is 12.1 Å². The van der Waals surface area contributed by atoms with E-state index in [-0.39, 0.29) is 0 Å². The first-order chi connectivity index (χ1) is 10.1. The minimum atomic E-state index is 0.572. The SMILES string of the molecule is CCN(CC)C(N)=NCc1ccc(C)cc1OCC1CC1. The molecule has 0 heterocycles. The Morgan fingerprint density at radius 3 is 2.67 bits per heavy atom. The second kappa shape index (κ2) is 7.34. The molecule has 0 atom stereocenters. The fourth-order valence-electron chi connectivity index (χ4n) is 2.23. The van der Waals surface area contributed by atoms with Gasteiger partial charge in [0.05, 0.1) is 13.2 Å². The van der Waals surface area contributed by atoms with Crippen molar-refractivity contribution in [1.29, 1.82) is 0 Å². The number of benzene rings is 1. The normalized spacial score (nSPS) is 15.1. The van der Waals surface area contributed by atoms with Crippen LogP contribution >= 0.6 is 0 Å². The van der Waals surface area contributed by atoms with Crippen LogP contribution in [0.2, 0.25) is 0 Å². The lowest BCUT2D eigenvalue weighted by Gasteiger charge is -2.19. The number of nitrogens with two attached hydrogens (primary N) is 1. The quantitative estimate of drug-likeness (QED) is 0.620. The predicted molar refractivity (Wildman–Crippen MR) is 87.6 cm³/mol. The third-order valence-corrected chi connectivity index (χ3v) is 3.89. The summed E-state index contributed by atoms with van der Waals surface area (Å²) in [5.41, 5.74) is 8.36. The van der Waals surface area contributed by atoms with E-state index in [9.17, 15) is 0 Å². The van der Waals surface area contributed by atoms with Gasteiger partial charge in [-0.2, -0.15) is 0 Å². The maximum atomic E-state index is 6.03. The first-order valence-electron chi connectivity index (χ1n) is 7.91. The van der Waals surface area contributed by atoms with Gasteiger partial charge in [-0.3, -0.25) is 0 Å². The summed E-state index contributed by atoms with van der Waals surface area (Å²) in [6, 6.07) is 6.29. The summed E-state index contributed by atoms with van der Waals surface area (Å²) >= 11 is 0. The maximum Gasteiger partial charge on any atom is 0.191 e. The Hall–Kier alpha value is -1.71. The van der Waals surface area contributed by atoms with Gasteiger partial charge in [0, 0.05) is 18.7 Å². The van der Waals surface area contributed by atoms with Crippen molar-refractivity contribution in [1.82, 2.24) is 4.90 Å². The van der Waals surface area contributed by atoms with E-state index in [2.05, 4.69) is 48.9 Å². The number of aliphatic imine (C=N–C) groups is 1. The number of guanidine groups is 1. The zero-order valence-electron chi connectivity index (χ0n) is 13.4. The standard InChI is InChI=1S/C17H27N3O/c1-4-20(5-2)17(18)19-11-15-9-6-13(3)10-16(15)21-12-14-7-8-14/h6,9-10,14H,4-5,7-8,11-12H2,1-3H3,(H2,18,19). The van der Waals surface area contributed by atoms with E-state index in [0.717, 1.165) is 36.9 Å². The van der Waals surface area contributed by atoms with E-state index in [1.807, 2.05) is 0 Å². The maximum absolute atomic E-state index is 6.03. The van der Waals surface area contributed by atoms with E-state index in [0.29, 0.717) is 12.5 Å². The molecule has 1 saturated carbocycles. The van der Waals surface area contributed by atoms with Crippen LogP contribution in [0.3, 0.4) is 0 Å². The van der Waals surface area contributed by atoms with Gasteiger partial charge >= 0.3 is 0 Å². The lowest BCUT2D eigenvalue weighted by atomic mass is 10.1. The van der Waals surface area contributed by atoms with Crippen molar-refractivity contribution in [2.75, 3.05) is 19.7 Å². The number of hydrogen-bond donors (Lipinski definition) is 1. The van der Waals surface area contributed by atoms with Crippen LogP contribution in [-0.2, 0) is 6.54 Å². The Morgan fingerprint density at radius 1 is 1.33 bits per heavy atom. The van der Waals surface area contributed by atoms with Crippen LogP contribution in [0.5, 0.6) is 5.75 Å². The minimum Gasteiger partial charge on any atom is -0.493 e. The summed E-state index contributed by atoms with van der Waals surface area (Å²) in [6.45, 7) is 9.41. The van der Waals surface area contributed by atoms with Crippen LogP contribution in [0.1, 0.15) is 37.8 Å². The van der Waals surface area contributed by atoms with Gasteiger partial charge in [0.15, 0.2) is 5.96 Å². The summed E-state index contributed by atoms with van der Waals surface area (Å²) in [5, 5.41) is 0. The summed E-state index contributed by atoms with van der Waals surface area (Å²) in [6.07, 6.45) is 2.60. The van der Waals surface area contributed by atoms with Crippen molar-refractivity contribution in [3.63, 3.8) is 0 Å². The molecule has 116 valence electrons. The molecule has 1 aromatic rings. The first kappa shape index (κ1) is 15.7. The van der Waals surface area contributed by atoms with Crippen molar-refractivity contribution < 1.29 is 4.74 Å². The Labute approximate surface area is 128 Å². The van der Waals surface area contributed by atoms with Crippen molar-refractivity contribution in [3.05, 3.63) is 29.3 Å². The molecule has 0 bridgehead atoms. The molecule has 1 aromatic carbocycles. The highest BCUT2D eigenvalue weighted by molar-refractivity contribution is 5.78. The highest BCUT2D eigenvalue weighted by Crippen LogP contribution is 2.30. The van der Waals surface area contributed by atoms with E-state index >= 15 is 0 Å². The smallest absolute Gasteiger partial charge is 0.191 e. The Morgan fingerprint density at radius 2 is 2.05 bits per heavy atom. The zero-order valence-corrected chi connectivity index (χ0v) is 13.4. The highest BCUT2D eigenvalue weighted by Gasteiger charge is 2.22. The van der Waals surface area contributed by atoms with E-state index in [4.69, 9.17) is 10.5 Å². The molecule has 4 nitrogen and oxygen atoms in total. The molecule has 0 spiro atoms. The highest BCUT2D eigenvalue weighted by atomic mass is 16.5. The minimum absolute atomic E-state index is 0.572. The van der Waals surface area contributed by atoms with Gasteiger partial charge in [0.1, 0.15) is 5.75 Å². The molecule has 1 fully saturated rings. The second-order valence-electron chi connectivity index (χ2n) is 5.71. The lowest BCUT2D eigenvalue weighted by molar-refractivity contribution is 0.296. The van der Waals surface area contributed by atoms with E-state index in [1.54, 1.807) is 0 Å². The molecule has 0 aliphatic heterocycles. The molecule has 0 aromatic heterocycles. The monoisotopic (exact) mass is 289 g/mol. The largest absolute Gasteiger partial charge is 0.493 e. The van der Waals surface area contributed by atoms with Gasteiger partial charge in [-0.15, -0.1) is 0 Å². The predicted octanol–water partition coefficient (Wildman–Crippen LogP) is 2.94. The molecular formula is C17H27N3O. The summed E-state index contributed by atoms with van der Waals surface area (Å²) in [5.74, 6) is 2.31. The Kier molecular flexibility index (Phi) is 5.48. The Bertz CT molecular complexity index is 491. The summed E-state index contributed by atoms with van der Waals surface area (Å²) in [4.78, 5) is 6.56. The zero-order chi connectivity index (χ0) is 15.2. The Balaban J connectivity index is 2.05. The fraction of sp³-hybridized carbons (Fsp3) is 0.588. The second-order valence-corrected chi connectivity index (χ2v) is 5.71. The molecule has 21 heavy (non-hydrogen) atoms. The van der Waals surface area contributed by atoms with Crippen LogP contribution < -0.4 is 10.5 Å². The van der Waals surface area contributed by atoms with Crippen molar-refractivity contribution >= 4 is 5.96 Å². The number of nitrogens with zero attached hydrogens (tertiary/aromatic N) is 2. The molecule has 1 aliphatic carbocycles. The molecule has 4 heteroatoms. The van der Waals surface area contributed by atoms with Crippen LogP contribution in [0.25, 0.3) is 0 Å². The van der Waals surface area contributed by atoms with Gasteiger partial charge in [-0.25, -0.2) is 4.99 Å². The average Bonchev–Trinajstić information content (AvgIpc) is 3.29. The van der Waals surface area contributed by atoms with Crippen LogP contribution in [0, 0.1) is 12.8 Å². The summed E-state index contributed by atoms with van der Waals surface area (Å²) < 4.78 is 5.96. The summed E-state index contributed by atoms with van der Waals surface area (Å²) in [7, 11) is 0. The van der Waals surface area contributed by atoms with Crippen LogP contribution in [0.15, 0.2) is 23.2 Å². The van der Waals surface area contributed by atoms with Gasteiger partial charge in [0.2, 0.25) is 0 Å². The number of rotatable bonds is 7. The first-order valence-corrected chi connectivity index (χ1v) is 7.91. The molecule has 0 radical (unpaired) electrons. The van der Waals surface area contributed by atoms with Gasteiger partial charge in [0.25, 0.3) is 0 Å². The number of ether oxygens (including phenoxy) is 1.